The van der Waals surface area contributed by atoms with Crippen LogP contribution in [0.25, 0.3) is 33.6 Å². The van der Waals surface area contributed by atoms with Crippen LogP contribution in [0.4, 0.5) is 28.4 Å². The highest BCUT2D eigenvalue weighted by Crippen LogP contribution is 2.47. The maximum atomic E-state index is 12.5. The molecule has 0 saturated carbocycles. The number of aryl methyl sites for hydroxylation is 1. The summed E-state index contributed by atoms with van der Waals surface area (Å²) < 4.78 is 57.6. The quantitative estimate of drug-likeness (QED) is 0.0690. The Balaban J connectivity index is 1.39. The van der Waals surface area contributed by atoms with Crippen molar-refractivity contribution in [1.82, 2.24) is 10.1 Å². The molecule has 0 fully saturated rings. The minimum absolute atomic E-state index is 0.00878. The second-order valence-electron chi connectivity index (χ2n) is 10.6. The fourth-order valence-electron chi connectivity index (χ4n) is 4.85. The zero-order valence-corrected chi connectivity index (χ0v) is 28.6. The van der Waals surface area contributed by atoms with Gasteiger partial charge in [0, 0.05) is 10.6 Å². The van der Waals surface area contributed by atoms with E-state index in [-0.39, 0.29) is 33.7 Å². The third-order valence-corrected chi connectivity index (χ3v) is 9.23. The normalized spacial score (nSPS) is 12.6. The van der Waals surface area contributed by atoms with Crippen molar-refractivity contribution in [2.45, 2.75) is 18.7 Å². The summed E-state index contributed by atoms with van der Waals surface area (Å²) in [5, 5.41) is 33.0. The van der Waals surface area contributed by atoms with Gasteiger partial charge in [-0.1, -0.05) is 35.8 Å². The highest BCUT2D eigenvalue weighted by molar-refractivity contribution is 7.86. The van der Waals surface area contributed by atoms with E-state index in [0.717, 1.165) is 6.07 Å². The third kappa shape index (κ3) is 7.23. The second kappa shape index (κ2) is 14.1. The predicted octanol–water partition coefficient (Wildman–Crippen LogP) is 8.95. The molecule has 1 heterocycles. The lowest BCUT2D eigenvalue weighted by Gasteiger charge is -2.13. The first-order valence-electron chi connectivity index (χ1n) is 14.7. The summed E-state index contributed by atoms with van der Waals surface area (Å²) in [6, 6.07) is 22.5. The number of anilines is 1. The smallest absolute Gasteiger partial charge is 0.296 e. The number of fused-ring (bicyclic) bond motifs is 1. The third-order valence-electron chi connectivity index (χ3n) is 7.27. The van der Waals surface area contributed by atoms with Crippen LogP contribution in [0.15, 0.2) is 115 Å². The van der Waals surface area contributed by atoms with Crippen molar-refractivity contribution in [3.05, 3.63) is 95.5 Å². The highest BCUT2D eigenvalue weighted by atomic mass is 35.5. The molecule has 0 aliphatic rings. The Morgan fingerprint density at radius 1 is 0.960 bits per heavy atom. The van der Waals surface area contributed by atoms with E-state index in [4.69, 9.17) is 26.0 Å². The Morgan fingerprint density at radius 2 is 1.66 bits per heavy atom. The number of hydrogen-bond donors (Lipinski definition) is 3. The number of phenolic OH excluding ortho intramolecular Hbond substituents is 1. The van der Waals surface area contributed by atoms with E-state index in [1.54, 1.807) is 86.6 Å². The first kappa shape index (κ1) is 34.3. The summed E-state index contributed by atoms with van der Waals surface area (Å²) >= 11 is 4.53. The van der Waals surface area contributed by atoms with Gasteiger partial charge in [0.05, 0.1) is 33.8 Å². The number of nitrogens with zero attached hydrogens (tertiary/aromatic N) is 6. The largest absolute Gasteiger partial charge is 0.505 e. The van der Waals surface area contributed by atoms with Crippen LogP contribution >= 0.6 is 11.6 Å². The number of phenols is 1. The van der Waals surface area contributed by atoms with E-state index in [1.165, 1.54) is 6.07 Å². The number of halogens is 1. The van der Waals surface area contributed by atoms with Crippen molar-refractivity contribution >= 4 is 72.0 Å². The van der Waals surface area contributed by atoms with Gasteiger partial charge in [-0.3, -0.25) is 4.55 Å². The van der Waals surface area contributed by atoms with Gasteiger partial charge in [-0.2, -0.15) is 18.5 Å². The van der Waals surface area contributed by atoms with Crippen molar-refractivity contribution in [2.75, 3.05) is 11.5 Å². The van der Waals surface area contributed by atoms with Gasteiger partial charge >= 0.3 is 0 Å². The maximum Gasteiger partial charge on any atom is 0.296 e. The molecule has 4 N–H and O–H groups in total. The molecule has 5 aromatic carbocycles. The minimum atomic E-state index is -4.92. The summed E-state index contributed by atoms with van der Waals surface area (Å²) in [4.78, 5) is 3.73. The monoisotopic (exact) mass is 731 g/mol. The molecule has 1 aromatic heterocycles. The zero-order valence-electron chi connectivity index (χ0n) is 26.2. The van der Waals surface area contributed by atoms with E-state index in [1.807, 2.05) is 0 Å². The molecule has 17 heteroatoms. The van der Waals surface area contributed by atoms with Gasteiger partial charge in [0.1, 0.15) is 22.0 Å². The van der Waals surface area contributed by atoms with E-state index in [2.05, 4.69) is 30.6 Å². The molecular weight excluding hydrogens is 706 g/mol. The number of nitrogen functional groups attached to an aromatic ring is 1. The molecule has 1 unspecified atom stereocenters. The molecule has 0 amide bonds. The van der Waals surface area contributed by atoms with Crippen molar-refractivity contribution in [3.8, 4) is 34.3 Å². The average molecular weight is 732 g/mol. The number of nitrogens with two attached hydrogens (primary N) is 1. The lowest BCUT2D eigenvalue weighted by Crippen LogP contribution is -2.01. The predicted molar refractivity (Wildman–Crippen MR) is 189 cm³/mol. The number of aromatic nitrogens is 2. The summed E-state index contributed by atoms with van der Waals surface area (Å²) in [7, 11) is -4.92. The number of benzene rings is 5. The summed E-state index contributed by atoms with van der Waals surface area (Å²) in [5.74, 6) is 0.449. The number of hydrogen-bond acceptors (Lipinski definition) is 13. The molecule has 0 aliphatic heterocycles. The SMILES string of the molecule is CCS(=O)Oc1ccc(N=Nc2c(C)cc3cc(S(=O)(=O)O)c(N=Nc4ccccc4-c4nc(-c5ccc(Cl)cc5)no4)c(O)c3c2N)cc1. The van der Waals surface area contributed by atoms with Gasteiger partial charge in [-0.05, 0) is 90.7 Å². The molecule has 254 valence electrons. The molecule has 0 spiro atoms. The summed E-state index contributed by atoms with van der Waals surface area (Å²) in [6.45, 7) is 3.41. The van der Waals surface area contributed by atoms with Gasteiger partial charge in [0.15, 0.2) is 5.75 Å². The van der Waals surface area contributed by atoms with Crippen LogP contribution < -0.4 is 9.92 Å². The zero-order chi connectivity index (χ0) is 35.6. The molecule has 6 aromatic rings. The first-order chi connectivity index (χ1) is 23.9. The topological polar surface area (TPSA) is 215 Å². The van der Waals surface area contributed by atoms with Crippen LogP contribution in [0.1, 0.15) is 12.5 Å². The number of rotatable bonds is 10. The molecular formula is C33H26ClN7O7S2. The lowest BCUT2D eigenvalue weighted by molar-refractivity contribution is 0.432. The first-order valence-corrected chi connectivity index (χ1v) is 17.7. The molecule has 50 heavy (non-hydrogen) atoms. The van der Waals surface area contributed by atoms with E-state index in [0.29, 0.717) is 44.7 Å². The Hall–Kier alpha value is -5.55. The van der Waals surface area contributed by atoms with Gasteiger partial charge in [0.2, 0.25) is 16.9 Å². The summed E-state index contributed by atoms with van der Waals surface area (Å²) in [5.41, 5.74) is 8.21. The van der Waals surface area contributed by atoms with Crippen LogP contribution in [0.3, 0.4) is 0 Å². The fourth-order valence-corrected chi connectivity index (χ4v) is 6.07. The highest BCUT2D eigenvalue weighted by Gasteiger charge is 2.25. The van der Waals surface area contributed by atoms with E-state index >= 15 is 0 Å². The van der Waals surface area contributed by atoms with Crippen molar-refractivity contribution in [1.29, 1.82) is 0 Å². The van der Waals surface area contributed by atoms with Gasteiger partial charge < -0.3 is 19.5 Å². The Kier molecular flexibility index (Phi) is 9.70. The fraction of sp³-hybridized carbons (Fsp3) is 0.0909. The lowest BCUT2D eigenvalue weighted by atomic mass is 10.0. The van der Waals surface area contributed by atoms with Crippen LogP contribution in [0, 0.1) is 6.92 Å². The minimum Gasteiger partial charge on any atom is -0.505 e. The molecule has 1 atom stereocenters. The van der Waals surface area contributed by atoms with Crippen LogP contribution in [0.5, 0.6) is 11.5 Å². The van der Waals surface area contributed by atoms with Gasteiger partial charge in [-0.15, -0.1) is 15.3 Å². The Bertz CT molecular complexity index is 2430. The molecule has 0 aliphatic carbocycles. The van der Waals surface area contributed by atoms with Gasteiger partial charge in [0.25, 0.3) is 16.0 Å². The average Bonchev–Trinajstić information content (AvgIpc) is 3.58. The van der Waals surface area contributed by atoms with Crippen LogP contribution in [-0.2, 0) is 21.2 Å². The number of aromatic hydroxyl groups is 1. The van der Waals surface area contributed by atoms with Crippen molar-refractivity contribution in [3.63, 3.8) is 0 Å². The van der Waals surface area contributed by atoms with E-state index < -0.39 is 37.5 Å². The number of azo groups is 2. The summed E-state index contributed by atoms with van der Waals surface area (Å²) in [6.07, 6.45) is 0. The molecule has 0 radical (unpaired) electrons. The Labute approximate surface area is 292 Å². The van der Waals surface area contributed by atoms with Gasteiger partial charge in [-0.25, -0.2) is 4.21 Å². The van der Waals surface area contributed by atoms with Crippen molar-refractivity contribution < 1.29 is 31.0 Å². The van der Waals surface area contributed by atoms with Crippen LogP contribution in [0.2, 0.25) is 5.02 Å². The second-order valence-corrected chi connectivity index (χ2v) is 13.8. The molecule has 6 rings (SSSR count). The standard InChI is InChI=1S/C33H26ClN7O7S2/c1-3-49(43)48-23-14-12-22(13-15-23)37-39-29-18(2)16-20-17-26(50(44,45)46)30(31(42)27(20)28(29)35)40-38-25-7-5-4-6-24(25)33-36-32(41-47-33)19-8-10-21(34)11-9-19/h4-17,42H,3,35H2,1-2H3,(H,44,45,46). The maximum absolute atomic E-state index is 12.5. The van der Waals surface area contributed by atoms with E-state index in [9.17, 15) is 22.3 Å². The van der Waals surface area contributed by atoms with Crippen molar-refractivity contribution in [2.24, 2.45) is 20.5 Å². The molecule has 0 saturated heterocycles. The molecule has 14 nitrogen and oxygen atoms in total. The van der Waals surface area contributed by atoms with Crippen LogP contribution in [-0.4, -0.2) is 38.2 Å². The molecule has 0 bridgehead atoms. The Morgan fingerprint density at radius 3 is 2.36 bits per heavy atom.